The number of carbonyl (C=O) groups excluding carboxylic acids is 1. The van der Waals surface area contributed by atoms with E-state index >= 15 is 0 Å². The second kappa shape index (κ2) is 7.04. The van der Waals surface area contributed by atoms with Crippen molar-refractivity contribution < 1.29 is 9.18 Å². The molecular weight excluding hydrogens is 287 g/mol. The molecule has 1 N–H and O–H groups in total. The molecule has 17 heavy (non-hydrogen) atoms. The van der Waals surface area contributed by atoms with Gasteiger partial charge in [-0.05, 0) is 25.0 Å². The Hall–Kier alpha value is -0.510. The van der Waals surface area contributed by atoms with Gasteiger partial charge >= 0.3 is 0 Å². The summed E-state index contributed by atoms with van der Waals surface area (Å²) in [6, 6.07) is 2.64. The molecule has 0 heterocycles. The number of nitrogens with one attached hydrogen (secondary N) is 1. The zero-order valence-corrected chi connectivity index (χ0v) is 11.2. The molecule has 0 radical (unpaired) electrons. The summed E-state index contributed by atoms with van der Waals surface area (Å²) in [5.41, 5.74) is 0.386. The number of anilines is 1. The summed E-state index contributed by atoms with van der Waals surface area (Å²) in [6.07, 6.45) is 1.84. The Morgan fingerprint density at radius 3 is 2.35 bits per heavy atom. The van der Waals surface area contributed by atoms with Crippen LogP contribution >= 0.6 is 34.8 Å². The van der Waals surface area contributed by atoms with Crippen molar-refractivity contribution in [3.05, 3.63) is 28.0 Å². The molecule has 6 heteroatoms. The van der Waals surface area contributed by atoms with Gasteiger partial charge in [0.15, 0.2) is 5.82 Å². The monoisotopic (exact) mass is 297 g/mol. The first-order chi connectivity index (χ1) is 8.04. The van der Waals surface area contributed by atoms with Crippen molar-refractivity contribution in [2.45, 2.75) is 19.3 Å². The van der Waals surface area contributed by atoms with Crippen molar-refractivity contribution in [3.63, 3.8) is 0 Å². The normalized spacial score (nSPS) is 10.4. The van der Waals surface area contributed by atoms with Gasteiger partial charge in [-0.1, -0.05) is 23.2 Å². The van der Waals surface area contributed by atoms with Crippen molar-refractivity contribution in [1.29, 1.82) is 0 Å². The molecule has 0 saturated heterocycles. The maximum Gasteiger partial charge on any atom is 0.224 e. The first-order valence-electron chi connectivity index (χ1n) is 5.05. The van der Waals surface area contributed by atoms with Crippen LogP contribution in [0.25, 0.3) is 0 Å². The molecule has 94 valence electrons. The lowest BCUT2D eigenvalue weighted by molar-refractivity contribution is -0.116. The lowest BCUT2D eigenvalue weighted by Gasteiger charge is -2.06. The van der Waals surface area contributed by atoms with E-state index in [1.54, 1.807) is 0 Å². The number of carbonyl (C=O) groups is 1. The van der Waals surface area contributed by atoms with E-state index in [0.717, 1.165) is 6.42 Å². The van der Waals surface area contributed by atoms with E-state index in [2.05, 4.69) is 5.32 Å². The van der Waals surface area contributed by atoms with E-state index in [9.17, 15) is 9.18 Å². The molecule has 0 aliphatic rings. The number of hydrogen-bond donors (Lipinski definition) is 1. The van der Waals surface area contributed by atoms with Gasteiger partial charge in [0.25, 0.3) is 0 Å². The third-order valence-corrected chi connectivity index (χ3v) is 2.87. The van der Waals surface area contributed by atoms with Crippen molar-refractivity contribution in [3.8, 4) is 0 Å². The highest BCUT2D eigenvalue weighted by Gasteiger charge is 2.09. The molecule has 1 aromatic carbocycles. The average molecular weight is 299 g/mol. The number of halogens is 4. The molecule has 0 unspecified atom stereocenters. The fourth-order valence-electron chi connectivity index (χ4n) is 1.23. The molecular formula is C11H11Cl3FNO. The van der Waals surface area contributed by atoms with Crippen LogP contribution in [0.4, 0.5) is 10.1 Å². The molecule has 2 nitrogen and oxygen atoms in total. The van der Waals surface area contributed by atoms with Crippen LogP contribution in [0.5, 0.6) is 0 Å². The van der Waals surface area contributed by atoms with Gasteiger partial charge in [0.1, 0.15) is 0 Å². The highest BCUT2D eigenvalue weighted by atomic mass is 35.5. The lowest BCUT2D eigenvalue weighted by atomic mass is 10.2. The standard InChI is InChI=1S/C11H11Cl3FNO/c12-4-2-1-3-10(17)16-7-5-8(13)11(15)9(14)6-7/h5-6H,1-4H2,(H,16,17). The Morgan fingerprint density at radius 2 is 1.82 bits per heavy atom. The number of benzene rings is 1. The molecule has 0 aliphatic carbocycles. The topological polar surface area (TPSA) is 29.1 Å². The Bertz CT molecular complexity index is 389. The molecule has 0 atom stereocenters. The second-order valence-electron chi connectivity index (χ2n) is 3.45. The van der Waals surface area contributed by atoms with Gasteiger partial charge in [0.2, 0.25) is 5.91 Å². The Balaban J connectivity index is 2.60. The van der Waals surface area contributed by atoms with Crippen LogP contribution in [0.15, 0.2) is 12.1 Å². The Kier molecular flexibility index (Phi) is 6.03. The summed E-state index contributed by atoms with van der Waals surface area (Å²) in [7, 11) is 0. The molecule has 0 aliphatic heterocycles. The van der Waals surface area contributed by atoms with Crippen LogP contribution in [0, 0.1) is 5.82 Å². The van der Waals surface area contributed by atoms with Crippen LogP contribution in [0.1, 0.15) is 19.3 Å². The molecule has 0 bridgehead atoms. The fourth-order valence-corrected chi connectivity index (χ4v) is 1.91. The van der Waals surface area contributed by atoms with Gasteiger partial charge < -0.3 is 5.32 Å². The second-order valence-corrected chi connectivity index (χ2v) is 4.64. The number of rotatable bonds is 5. The van der Waals surface area contributed by atoms with E-state index in [4.69, 9.17) is 34.8 Å². The minimum atomic E-state index is -0.687. The van der Waals surface area contributed by atoms with Gasteiger partial charge in [-0.25, -0.2) is 4.39 Å². The summed E-state index contributed by atoms with van der Waals surface area (Å²) in [5.74, 6) is -0.330. The highest BCUT2D eigenvalue weighted by molar-refractivity contribution is 6.35. The molecule has 0 aromatic heterocycles. The molecule has 1 amide bonds. The van der Waals surface area contributed by atoms with E-state index in [1.807, 2.05) is 0 Å². The quantitative estimate of drug-likeness (QED) is 0.485. The van der Waals surface area contributed by atoms with Gasteiger partial charge in [0, 0.05) is 18.0 Å². The van der Waals surface area contributed by atoms with Crippen LogP contribution in [0.2, 0.25) is 10.0 Å². The van der Waals surface area contributed by atoms with Gasteiger partial charge in [-0.15, -0.1) is 11.6 Å². The maximum atomic E-state index is 13.1. The summed E-state index contributed by atoms with van der Waals surface area (Å²) in [4.78, 5) is 11.5. The first kappa shape index (κ1) is 14.6. The van der Waals surface area contributed by atoms with Gasteiger partial charge in [0.05, 0.1) is 10.0 Å². The highest BCUT2D eigenvalue weighted by Crippen LogP contribution is 2.27. The van der Waals surface area contributed by atoms with Crippen LogP contribution in [-0.2, 0) is 4.79 Å². The largest absolute Gasteiger partial charge is 0.326 e. The molecule has 1 rings (SSSR count). The summed E-state index contributed by atoms with van der Waals surface area (Å²) < 4.78 is 13.1. The predicted octanol–water partition coefficient (Wildman–Crippen LogP) is 4.48. The first-order valence-corrected chi connectivity index (χ1v) is 6.34. The molecule has 1 aromatic rings. The number of unbranched alkanes of at least 4 members (excludes halogenated alkanes) is 1. The zero-order valence-electron chi connectivity index (χ0n) is 8.90. The van der Waals surface area contributed by atoms with Crippen molar-refractivity contribution in [1.82, 2.24) is 0 Å². The fraction of sp³-hybridized carbons (Fsp3) is 0.364. The lowest BCUT2D eigenvalue weighted by Crippen LogP contribution is -2.11. The zero-order chi connectivity index (χ0) is 12.8. The summed E-state index contributed by atoms with van der Waals surface area (Å²) in [5, 5.41) is 2.36. The third-order valence-electron chi connectivity index (χ3n) is 2.06. The number of hydrogen-bond acceptors (Lipinski definition) is 1. The van der Waals surface area contributed by atoms with E-state index in [-0.39, 0.29) is 16.0 Å². The van der Waals surface area contributed by atoms with Crippen LogP contribution < -0.4 is 5.32 Å². The van der Waals surface area contributed by atoms with Crippen LogP contribution in [0.3, 0.4) is 0 Å². The Morgan fingerprint density at radius 1 is 1.24 bits per heavy atom. The predicted molar refractivity (Wildman–Crippen MR) is 69.6 cm³/mol. The van der Waals surface area contributed by atoms with E-state index in [0.29, 0.717) is 24.4 Å². The van der Waals surface area contributed by atoms with E-state index < -0.39 is 5.82 Å². The van der Waals surface area contributed by atoms with Crippen molar-refractivity contribution in [2.24, 2.45) is 0 Å². The molecule has 0 saturated carbocycles. The summed E-state index contributed by atoms with van der Waals surface area (Å²) >= 11 is 16.7. The smallest absolute Gasteiger partial charge is 0.224 e. The summed E-state index contributed by atoms with van der Waals surface area (Å²) in [6.45, 7) is 0. The van der Waals surface area contributed by atoms with Gasteiger partial charge in [-0.3, -0.25) is 4.79 Å². The minimum absolute atomic E-state index is 0.117. The molecule has 0 fully saturated rings. The number of alkyl halides is 1. The third kappa shape index (κ3) is 4.70. The van der Waals surface area contributed by atoms with Crippen molar-refractivity contribution in [2.75, 3.05) is 11.2 Å². The van der Waals surface area contributed by atoms with Gasteiger partial charge in [-0.2, -0.15) is 0 Å². The minimum Gasteiger partial charge on any atom is -0.326 e. The molecule has 0 spiro atoms. The van der Waals surface area contributed by atoms with Crippen molar-refractivity contribution >= 4 is 46.4 Å². The van der Waals surface area contributed by atoms with E-state index in [1.165, 1.54) is 12.1 Å². The number of amides is 1. The maximum absolute atomic E-state index is 13.1. The SMILES string of the molecule is O=C(CCCCCl)Nc1cc(Cl)c(F)c(Cl)c1. The Labute approximate surface area is 114 Å². The van der Waals surface area contributed by atoms with Crippen LogP contribution in [-0.4, -0.2) is 11.8 Å². The average Bonchev–Trinajstić information content (AvgIpc) is 2.26.